The summed E-state index contributed by atoms with van der Waals surface area (Å²) >= 11 is 9.48. The Morgan fingerprint density at radius 2 is 1.75 bits per heavy atom. The fourth-order valence-electron chi connectivity index (χ4n) is 2.36. The number of hydrazine groups is 1. The molecule has 0 saturated carbocycles. The first kappa shape index (κ1) is 22.0. The Labute approximate surface area is 177 Å². The highest BCUT2D eigenvalue weighted by molar-refractivity contribution is 9.10. The van der Waals surface area contributed by atoms with Gasteiger partial charge in [-0.2, -0.15) is 0 Å². The van der Waals surface area contributed by atoms with Gasteiger partial charge in [-0.25, -0.2) is 0 Å². The number of benzene rings is 2. The van der Waals surface area contributed by atoms with E-state index in [0.29, 0.717) is 26.6 Å². The summed E-state index contributed by atoms with van der Waals surface area (Å²) in [6, 6.07) is 8.42. The van der Waals surface area contributed by atoms with Gasteiger partial charge in [0.05, 0.1) is 10.6 Å². The van der Waals surface area contributed by atoms with Crippen LogP contribution in [0.25, 0.3) is 0 Å². The third-order valence-corrected chi connectivity index (χ3v) is 4.87. The molecule has 0 fully saturated rings. The molecule has 2 rings (SSSR count). The summed E-state index contributed by atoms with van der Waals surface area (Å²) in [4.78, 5) is 24.1. The Kier molecular flexibility index (Phi) is 7.71. The second-order valence-corrected chi connectivity index (χ2v) is 7.71. The topological polar surface area (TPSA) is 76.7 Å². The van der Waals surface area contributed by atoms with E-state index in [1.165, 1.54) is 0 Å². The molecule has 2 aromatic rings. The maximum absolute atomic E-state index is 12.2. The molecule has 28 heavy (non-hydrogen) atoms. The Bertz CT molecular complexity index is 863. The van der Waals surface area contributed by atoms with Gasteiger partial charge < -0.3 is 9.47 Å². The zero-order valence-electron chi connectivity index (χ0n) is 16.1. The normalized spacial score (nSPS) is 10.5. The number of aryl methyl sites for hydroxylation is 2. The first-order chi connectivity index (χ1) is 13.2. The molecule has 0 aliphatic carbocycles. The molecule has 0 aliphatic rings. The Morgan fingerprint density at radius 1 is 1.11 bits per heavy atom. The van der Waals surface area contributed by atoms with E-state index >= 15 is 0 Å². The molecule has 8 heteroatoms. The SMILES string of the molecule is Cc1cc(OCC(=O)NNC(=O)c2ccc(OC(C)C)c(Br)c2)cc(C)c1Cl. The van der Waals surface area contributed by atoms with E-state index in [-0.39, 0.29) is 12.7 Å². The average molecular weight is 470 g/mol. The number of amides is 2. The van der Waals surface area contributed by atoms with Crippen LogP contribution in [-0.2, 0) is 4.79 Å². The van der Waals surface area contributed by atoms with Crippen molar-refractivity contribution in [1.82, 2.24) is 10.9 Å². The van der Waals surface area contributed by atoms with Gasteiger partial charge in [0, 0.05) is 10.6 Å². The molecular weight excluding hydrogens is 448 g/mol. The summed E-state index contributed by atoms with van der Waals surface area (Å²) in [6.07, 6.45) is 0.0171. The highest BCUT2D eigenvalue weighted by Crippen LogP contribution is 2.27. The lowest BCUT2D eigenvalue weighted by Crippen LogP contribution is -2.43. The Balaban J connectivity index is 1.87. The predicted molar refractivity (Wildman–Crippen MR) is 112 cm³/mol. The van der Waals surface area contributed by atoms with Crippen LogP contribution < -0.4 is 20.3 Å². The number of hydrogen-bond acceptors (Lipinski definition) is 4. The van der Waals surface area contributed by atoms with Crippen LogP contribution in [0.2, 0.25) is 5.02 Å². The van der Waals surface area contributed by atoms with E-state index < -0.39 is 11.8 Å². The molecule has 0 spiro atoms. The minimum absolute atomic E-state index is 0.0171. The molecule has 0 bridgehead atoms. The van der Waals surface area contributed by atoms with Gasteiger partial charge in [-0.3, -0.25) is 20.4 Å². The molecule has 0 aromatic heterocycles. The smallest absolute Gasteiger partial charge is 0.276 e. The van der Waals surface area contributed by atoms with Gasteiger partial charge in [-0.15, -0.1) is 0 Å². The summed E-state index contributed by atoms with van der Waals surface area (Å²) in [5.74, 6) is 0.226. The molecule has 6 nitrogen and oxygen atoms in total. The van der Waals surface area contributed by atoms with E-state index in [1.54, 1.807) is 30.3 Å². The maximum atomic E-state index is 12.2. The monoisotopic (exact) mass is 468 g/mol. The zero-order chi connectivity index (χ0) is 20.8. The van der Waals surface area contributed by atoms with Crippen molar-refractivity contribution < 1.29 is 19.1 Å². The van der Waals surface area contributed by atoms with Crippen LogP contribution >= 0.6 is 27.5 Å². The molecule has 2 aromatic carbocycles. The molecule has 150 valence electrons. The van der Waals surface area contributed by atoms with Gasteiger partial charge in [-0.1, -0.05) is 11.6 Å². The van der Waals surface area contributed by atoms with Gasteiger partial charge in [-0.05, 0) is 85.1 Å². The first-order valence-electron chi connectivity index (χ1n) is 8.62. The summed E-state index contributed by atoms with van der Waals surface area (Å²) < 4.78 is 11.7. The number of nitrogens with one attached hydrogen (secondary N) is 2. The first-order valence-corrected chi connectivity index (χ1v) is 9.79. The molecule has 0 atom stereocenters. The van der Waals surface area contributed by atoms with Gasteiger partial charge in [0.2, 0.25) is 0 Å². The number of carbonyl (C=O) groups excluding carboxylic acids is 2. The summed E-state index contributed by atoms with van der Waals surface area (Å²) in [7, 11) is 0. The van der Waals surface area contributed by atoms with Crippen molar-refractivity contribution in [3.63, 3.8) is 0 Å². The predicted octanol–water partition coefficient (Wildman–Crippen LogP) is 4.35. The van der Waals surface area contributed by atoms with E-state index in [1.807, 2.05) is 27.7 Å². The van der Waals surface area contributed by atoms with Crippen molar-refractivity contribution >= 4 is 39.3 Å². The molecule has 2 N–H and O–H groups in total. The minimum atomic E-state index is -0.488. The summed E-state index contributed by atoms with van der Waals surface area (Å²) in [5, 5.41) is 0.667. The van der Waals surface area contributed by atoms with Crippen LogP contribution in [0.5, 0.6) is 11.5 Å². The largest absolute Gasteiger partial charge is 0.490 e. The van der Waals surface area contributed by atoms with Gasteiger partial charge in [0.1, 0.15) is 11.5 Å². The van der Waals surface area contributed by atoms with Crippen molar-refractivity contribution in [3.05, 3.63) is 56.5 Å². The van der Waals surface area contributed by atoms with Crippen molar-refractivity contribution in [2.24, 2.45) is 0 Å². The van der Waals surface area contributed by atoms with Crippen LogP contribution in [0.1, 0.15) is 35.3 Å². The van der Waals surface area contributed by atoms with Crippen LogP contribution in [0, 0.1) is 13.8 Å². The van der Waals surface area contributed by atoms with Crippen molar-refractivity contribution in [2.45, 2.75) is 33.8 Å². The molecule has 0 aliphatic heterocycles. The number of halogens is 2. The second-order valence-electron chi connectivity index (χ2n) is 6.47. The van der Waals surface area contributed by atoms with Crippen molar-refractivity contribution in [3.8, 4) is 11.5 Å². The third-order valence-electron chi connectivity index (χ3n) is 3.65. The number of carbonyl (C=O) groups is 2. The maximum Gasteiger partial charge on any atom is 0.276 e. The number of hydrogen-bond donors (Lipinski definition) is 2. The quantitative estimate of drug-likeness (QED) is 0.617. The van der Waals surface area contributed by atoms with E-state index in [4.69, 9.17) is 21.1 Å². The molecule has 2 amide bonds. The fourth-order valence-corrected chi connectivity index (χ4v) is 2.95. The van der Waals surface area contributed by atoms with Crippen molar-refractivity contribution in [2.75, 3.05) is 6.61 Å². The molecule has 0 unspecified atom stereocenters. The van der Waals surface area contributed by atoms with E-state index in [2.05, 4.69) is 26.8 Å². The second kappa shape index (κ2) is 9.80. The fraction of sp³-hybridized carbons (Fsp3) is 0.300. The standard InChI is InChI=1S/C20H22BrClN2O4/c1-11(2)28-17-6-5-14(9-16(17)21)20(26)24-23-18(25)10-27-15-7-12(3)19(22)13(4)8-15/h5-9,11H,10H2,1-4H3,(H,23,25)(H,24,26). The average Bonchev–Trinajstić information content (AvgIpc) is 2.63. The number of rotatable bonds is 6. The van der Waals surface area contributed by atoms with Gasteiger partial charge >= 0.3 is 0 Å². The molecule has 0 radical (unpaired) electrons. The van der Waals surface area contributed by atoms with E-state index in [9.17, 15) is 9.59 Å². The van der Waals surface area contributed by atoms with Crippen LogP contribution in [-0.4, -0.2) is 24.5 Å². The molecule has 0 heterocycles. The van der Waals surface area contributed by atoms with E-state index in [0.717, 1.165) is 11.1 Å². The Hall–Kier alpha value is -2.25. The summed E-state index contributed by atoms with van der Waals surface area (Å²) in [6.45, 7) is 7.30. The van der Waals surface area contributed by atoms with Crippen LogP contribution in [0.15, 0.2) is 34.8 Å². The van der Waals surface area contributed by atoms with Crippen LogP contribution in [0.3, 0.4) is 0 Å². The van der Waals surface area contributed by atoms with Crippen molar-refractivity contribution in [1.29, 1.82) is 0 Å². The molecular formula is C20H22BrClN2O4. The lowest BCUT2D eigenvalue weighted by atomic mass is 10.1. The minimum Gasteiger partial charge on any atom is -0.490 e. The highest BCUT2D eigenvalue weighted by Gasteiger charge is 2.12. The van der Waals surface area contributed by atoms with Gasteiger partial charge in [0.25, 0.3) is 11.8 Å². The van der Waals surface area contributed by atoms with Crippen LogP contribution in [0.4, 0.5) is 0 Å². The lowest BCUT2D eigenvalue weighted by Gasteiger charge is -2.13. The number of ether oxygens (including phenoxy) is 2. The third kappa shape index (κ3) is 6.14. The molecule has 0 saturated heterocycles. The Morgan fingerprint density at radius 3 is 2.32 bits per heavy atom. The lowest BCUT2D eigenvalue weighted by molar-refractivity contribution is -0.123. The zero-order valence-corrected chi connectivity index (χ0v) is 18.4. The summed E-state index contributed by atoms with van der Waals surface area (Å²) in [5.41, 5.74) is 6.77. The van der Waals surface area contributed by atoms with Gasteiger partial charge in [0.15, 0.2) is 6.61 Å². The highest BCUT2D eigenvalue weighted by atomic mass is 79.9.